The summed E-state index contributed by atoms with van der Waals surface area (Å²) in [6.45, 7) is -0.207. The van der Waals surface area contributed by atoms with Crippen LogP contribution in [0.15, 0.2) is 76.6 Å². The van der Waals surface area contributed by atoms with Crippen molar-refractivity contribution in [1.29, 1.82) is 0 Å². The van der Waals surface area contributed by atoms with Crippen LogP contribution in [-0.4, -0.2) is 41.7 Å². The number of thiazole rings is 1. The number of hydrogen-bond acceptors (Lipinski definition) is 8. The number of halogens is 2. The van der Waals surface area contributed by atoms with Crippen LogP contribution < -0.4 is 24.6 Å². The third-order valence-electron chi connectivity index (χ3n) is 9.87. The molecule has 1 saturated heterocycles. The number of carbonyl (C=O) groups is 3. The highest BCUT2D eigenvalue weighted by Crippen LogP contribution is 2.68. The molecule has 2 N–H and O–H groups in total. The largest absolute Gasteiger partial charge is 0.497 e. The third-order valence-corrected chi connectivity index (χ3v) is 13.2. The zero-order valence-corrected chi connectivity index (χ0v) is 27.9. The second kappa shape index (κ2) is 11.7. The number of methoxy groups -OCH3 is 1. The predicted molar refractivity (Wildman–Crippen MR) is 181 cm³/mol. The maximum absolute atomic E-state index is 14.0. The molecule has 1 aromatic heterocycles. The summed E-state index contributed by atoms with van der Waals surface area (Å²) in [6.07, 6.45) is 0.802. The molecule has 3 amide bonds. The Balaban J connectivity index is 1.04. The van der Waals surface area contributed by atoms with E-state index < -0.39 is 5.92 Å². The molecule has 7 atom stereocenters. The zero-order valence-electron chi connectivity index (χ0n) is 24.8. The number of benzene rings is 3. The van der Waals surface area contributed by atoms with Gasteiger partial charge in [-0.05, 0) is 84.3 Å². The molecule has 3 aromatic carbocycles. The van der Waals surface area contributed by atoms with Crippen LogP contribution in [0.3, 0.4) is 0 Å². The van der Waals surface area contributed by atoms with Gasteiger partial charge in [0.25, 0.3) is 5.91 Å². The molecule has 2 saturated carbocycles. The van der Waals surface area contributed by atoms with E-state index in [0.29, 0.717) is 32.9 Å². The number of thioether (sulfide) groups is 1. The normalized spacial score (nSPS) is 27.0. The quantitative estimate of drug-likeness (QED) is 0.212. The number of imide groups is 1. The highest BCUT2D eigenvalue weighted by molar-refractivity contribution is 8.00. The number of fused-ring (bicyclic) bond motifs is 9. The van der Waals surface area contributed by atoms with E-state index in [9.17, 15) is 19.2 Å². The molecule has 9 nitrogen and oxygen atoms in total. The van der Waals surface area contributed by atoms with Crippen molar-refractivity contribution >= 4 is 75.4 Å². The van der Waals surface area contributed by atoms with Crippen molar-refractivity contribution in [2.45, 2.75) is 22.6 Å². The number of rotatable bonds is 7. The molecule has 8 rings (SSSR count). The van der Waals surface area contributed by atoms with Crippen molar-refractivity contribution in [3.05, 3.63) is 96.9 Å². The Hall–Kier alpha value is -3.77. The Labute approximate surface area is 287 Å². The fraction of sp³-hybridized carbons (Fsp3) is 0.294. The molecule has 13 heteroatoms. The van der Waals surface area contributed by atoms with Crippen LogP contribution in [-0.2, 0) is 14.4 Å². The minimum Gasteiger partial charge on any atom is -0.497 e. The number of aromatic nitrogens is 1. The van der Waals surface area contributed by atoms with Crippen LogP contribution in [0.4, 0.5) is 11.4 Å². The first-order valence-corrected chi connectivity index (χ1v) is 17.6. The zero-order chi connectivity index (χ0) is 32.6. The summed E-state index contributed by atoms with van der Waals surface area (Å²) >= 11 is 14.9. The van der Waals surface area contributed by atoms with Gasteiger partial charge in [0.15, 0.2) is 6.61 Å². The molecule has 4 aliphatic rings. The number of amides is 3. The average molecular weight is 709 g/mol. The smallest absolute Gasteiger partial charge is 0.305 e. The summed E-state index contributed by atoms with van der Waals surface area (Å²) in [5.74, 6) is -0.259. The minimum atomic E-state index is -0.396. The van der Waals surface area contributed by atoms with Crippen LogP contribution in [0.1, 0.15) is 22.8 Å². The molecule has 0 radical (unpaired) electrons. The van der Waals surface area contributed by atoms with Gasteiger partial charge in [-0.1, -0.05) is 46.7 Å². The molecule has 3 heterocycles. The Morgan fingerprint density at radius 3 is 2.34 bits per heavy atom. The number of aromatic amines is 1. The SMILES string of the molecule is COc1ccc(N2C(=O)C3C(C2=O)[C@@H]2C[C@H]3C3Sc4[nH]c(=O)sc4[C@H](c4ccc(OCC(=O)Nc5ccc(Cl)c(Cl)c5)cc4)C32)cc1. The van der Waals surface area contributed by atoms with Crippen molar-refractivity contribution in [1.82, 2.24) is 4.98 Å². The van der Waals surface area contributed by atoms with Crippen molar-refractivity contribution in [3.8, 4) is 11.5 Å². The maximum atomic E-state index is 14.0. The molecule has 47 heavy (non-hydrogen) atoms. The number of nitrogens with zero attached hydrogens (tertiary/aromatic N) is 1. The third kappa shape index (κ3) is 5.06. The number of nitrogens with one attached hydrogen (secondary N) is 2. The Morgan fingerprint density at radius 1 is 0.936 bits per heavy atom. The predicted octanol–water partition coefficient (Wildman–Crippen LogP) is 6.45. The Morgan fingerprint density at radius 2 is 1.64 bits per heavy atom. The molecule has 0 spiro atoms. The summed E-state index contributed by atoms with van der Waals surface area (Å²) in [6, 6.07) is 19.4. The molecule has 3 fully saturated rings. The number of anilines is 2. The van der Waals surface area contributed by atoms with Gasteiger partial charge in [0, 0.05) is 21.7 Å². The van der Waals surface area contributed by atoms with Gasteiger partial charge in [-0.3, -0.25) is 24.1 Å². The van der Waals surface area contributed by atoms with E-state index >= 15 is 0 Å². The lowest BCUT2D eigenvalue weighted by Gasteiger charge is -2.43. The Bertz CT molecular complexity index is 1980. The minimum absolute atomic E-state index is 0.00135. The van der Waals surface area contributed by atoms with Gasteiger partial charge >= 0.3 is 4.87 Å². The van der Waals surface area contributed by atoms with Crippen molar-refractivity contribution in [3.63, 3.8) is 0 Å². The molecule has 240 valence electrons. The standard InChI is InChI=1S/C34H27Cl2N3O6S2/c1-44-18-9-5-17(6-10-18)39-32(41)27-20-13-21(28(27)33(39)42)29-26(20)25(30-31(46-29)38-34(43)47-30)15-2-7-19(8-3-15)45-14-24(40)37-16-4-11-22(35)23(36)12-16/h2-12,20-21,25-29H,13-14H2,1H3,(H,37,40)(H,38,43)/t20-,21-,25-,26?,27?,28?,29?/m1/s1. The highest BCUT2D eigenvalue weighted by atomic mass is 35.5. The highest BCUT2D eigenvalue weighted by Gasteiger charge is 2.69. The molecular weight excluding hydrogens is 681 g/mol. The van der Waals surface area contributed by atoms with Gasteiger partial charge in [0.1, 0.15) is 11.5 Å². The van der Waals surface area contributed by atoms with Crippen molar-refractivity contribution in [2.24, 2.45) is 29.6 Å². The summed E-state index contributed by atoms with van der Waals surface area (Å²) in [7, 11) is 1.57. The topological polar surface area (TPSA) is 118 Å². The van der Waals surface area contributed by atoms with Crippen LogP contribution >= 0.6 is 46.3 Å². The first-order chi connectivity index (χ1) is 22.7. The number of carbonyl (C=O) groups excluding carboxylic acids is 3. The van der Waals surface area contributed by atoms with Gasteiger partial charge in [0.2, 0.25) is 11.8 Å². The summed E-state index contributed by atoms with van der Waals surface area (Å²) in [4.78, 5) is 58.2. The molecule has 2 bridgehead atoms. The Kier molecular flexibility index (Phi) is 7.63. The van der Waals surface area contributed by atoms with E-state index in [-0.39, 0.29) is 64.0 Å². The van der Waals surface area contributed by atoms with Crippen molar-refractivity contribution in [2.75, 3.05) is 23.9 Å². The van der Waals surface area contributed by atoms with E-state index in [1.165, 1.54) is 16.2 Å². The fourth-order valence-corrected chi connectivity index (χ4v) is 11.3. The first-order valence-electron chi connectivity index (χ1n) is 15.1. The molecule has 4 unspecified atom stereocenters. The van der Waals surface area contributed by atoms with Crippen LogP contribution in [0.2, 0.25) is 10.0 Å². The lowest BCUT2D eigenvalue weighted by atomic mass is 9.68. The van der Waals surface area contributed by atoms with Crippen LogP contribution in [0.5, 0.6) is 11.5 Å². The number of ether oxygens (including phenoxy) is 2. The number of hydrogen-bond donors (Lipinski definition) is 2. The van der Waals surface area contributed by atoms with Gasteiger partial charge in [0.05, 0.1) is 39.7 Å². The summed E-state index contributed by atoms with van der Waals surface area (Å²) in [5, 5.41) is 4.40. The van der Waals surface area contributed by atoms with E-state index in [0.717, 1.165) is 21.9 Å². The second-order valence-corrected chi connectivity index (χ2v) is 15.2. The second-order valence-electron chi connectivity index (χ2n) is 12.2. The average Bonchev–Trinajstić information content (AvgIpc) is 3.81. The van der Waals surface area contributed by atoms with E-state index in [1.807, 2.05) is 24.3 Å². The van der Waals surface area contributed by atoms with E-state index in [4.69, 9.17) is 32.7 Å². The summed E-state index contributed by atoms with van der Waals surface area (Å²) < 4.78 is 11.0. The van der Waals surface area contributed by atoms with Gasteiger partial charge in [-0.2, -0.15) is 0 Å². The molecule has 4 aromatic rings. The van der Waals surface area contributed by atoms with Gasteiger partial charge in [-0.25, -0.2) is 0 Å². The maximum Gasteiger partial charge on any atom is 0.305 e. The molecular formula is C34H27Cl2N3O6S2. The fourth-order valence-electron chi connectivity index (χ4n) is 8.07. The van der Waals surface area contributed by atoms with Gasteiger partial charge in [-0.15, -0.1) is 11.8 Å². The van der Waals surface area contributed by atoms with Crippen molar-refractivity contribution < 1.29 is 23.9 Å². The lowest BCUT2D eigenvalue weighted by molar-refractivity contribution is -0.123. The molecule has 2 aliphatic carbocycles. The van der Waals surface area contributed by atoms with Crippen LogP contribution in [0, 0.1) is 29.6 Å². The van der Waals surface area contributed by atoms with E-state index in [1.54, 1.807) is 61.3 Å². The lowest BCUT2D eigenvalue weighted by Crippen LogP contribution is -2.42. The van der Waals surface area contributed by atoms with Gasteiger partial charge < -0.3 is 19.8 Å². The number of H-pyrrole nitrogens is 1. The monoisotopic (exact) mass is 707 g/mol. The molecule has 2 aliphatic heterocycles. The first kappa shape index (κ1) is 30.6. The van der Waals surface area contributed by atoms with Crippen LogP contribution in [0.25, 0.3) is 0 Å². The summed E-state index contributed by atoms with van der Waals surface area (Å²) in [5.41, 5.74) is 2.07. The van der Waals surface area contributed by atoms with E-state index in [2.05, 4.69) is 10.3 Å².